The maximum Gasteiger partial charge on any atom is 0.176 e. The summed E-state index contributed by atoms with van der Waals surface area (Å²) in [7, 11) is 0. The first kappa shape index (κ1) is 19.3. The lowest BCUT2D eigenvalue weighted by Gasteiger charge is -2.45. The second-order valence-electron chi connectivity index (χ2n) is 8.58. The summed E-state index contributed by atoms with van der Waals surface area (Å²) in [6, 6.07) is 16.1. The molecule has 2 aliphatic rings. The van der Waals surface area contributed by atoms with E-state index in [1.54, 1.807) is 12.4 Å². The van der Waals surface area contributed by atoms with E-state index in [0.717, 1.165) is 40.9 Å². The number of Topliss-reactive ketones (excluding diaryl/α,β-unsaturated/α-hetero) is 1. The van der Waals surface area contributed by atoms with Crippen molar-refractivity contribution >= 4 is 5.78 Å². The van der Waals surface area contributed by atoms with Crippen molar-refractivity contribution in [2.75, 3.05) is 0 Å². The van der Waals surface area contributed by atoms with Gasteiger partial charge < -0.3 is 0 Å². The predicted molar refractivity (Wildman–Crippen MR) is 118 cm³/mol. The van der Waals surface area contributed by atoms with E-state index < -0.39 is 5.41 Å². The summed E-state index contributed by atoms with van der Waals surface area (Å²) in [5.74, 6) is 0.476. The van der Waals surface area contributed by atoms with Gasteiger partial charge in [-0.1, -0.05) is 50.3 Å². The summed E-state index contributed by atoms with van der Waals surface area (Å²) < 4.78 is 0. The van der Waals surface area contributed by atoms with Crippen molar-refractivity contribution in [2.45, 2.75) is 32.1 Å². The summed E-state index contributed by atoms with van der Waals surface area (Å²) in [6.45, 7) is 4.07. The Morgan fingerprint density at radius 1 is 1.06 bits per heavy atom. The Morgan fingerprint density at radius 2 is 1.81 bits per heavy atom. The number of hydrogen-bond acceptors (Lipinski definition) is 5. The van der Waals surface area contributed by atoms with Crippen molar-refractivity contribution in [1.29, 1.82) is 5.26 Å². The van der Waals surface area contributed by atoms with Gasteiger partial charge in [0.25, 0.3) is 0 Å². The first-order chi connectivity index (χ1) is 15.0. The highest BCUT2D eigenvalue weighted by atomic mass is 16.1. The molecule has 3 atom stereocenters. The van der Waals surface area contributed by atoms with Crippen LogP contribution < -0.4 is 0 Å². The van der Waals surface area contributed by atoms with E-state index >= 15 is 0 Å². The lowest BCUT2D eigenvalue weighted by Crippen LogP contribution is -2.46. The molecule has 0 unspecified atom stereocenters. The average Bonchev–Trinajstić information content (AvgIpc) is 2.82. The van der Waals surface area contributed by atoms with Crippen molar-refractivity contribution in [2.24, 2.45) is 11.8 Å². The molecule has 0 spiro atoms. The Kier molecular flexibility index (Phi) is 4.51. The molecule has 0 aliphatic heterocycles. The third kappa shape index (κ3) is 2.98. The summed E-state index contributed by atoms with van der Waals surface area (Å²) in [5, 5.41) is 9.62. The molecule has 0 saturated heterocycles. The molecule has 31 heavy (non-hydrogen) atoms. The van der Waals surface area contributed by atoms with Crippen LogP contribution in [0.5, 0.6) is 0 Å². The molecule has 3 aromatic rings. The normalized spacial score (nSPS) is 24.5. The predicted octanol–water partition coefficient (Wildman–Crippen LogP) is 4.69. The number of hydrogen-bond donors (Lipinski definition) is 0. The molecule has 2 aromatic heterocycles. The number of fused-ring (bicyclic) bond motifs is 3. The lowest BCUT2D eigenvalue weighted by molar-refractivity contribution is -0.121. The smallest absolute Gasteiger partial charge is 0.176 e. The molecule has 2 aliphatic carbocycles. The number of carbonyl (C=O) groups excluding carboxylic acids is 1. The number of pyridine rings is 1. The molecule has 0 radical (unpaired) electrons. The minimum absolute atomic E-state index is 0.0554. The summed E-state index contributed by atoms with van der Waals surface area (Å²) in [5.41, 5.74) is 4.64. The fraction of sp³-hybridized carbons (Fsp3) is 0.269. The van der Waals surface area contributed by atoms with E-state index in [2.05, 4.69) is 30.1 Å². The van der Waals surface area contributed by atoms with Crippen LogP contribution in [0.25, 0.3) is 22.6 Å². The second-order valence-corrected chi connectivity index (χ2v) is 8.58. The van der Waals surface area contributed by atoms with Crippen molar-refractivity contribution in [1.82, 2.24) is 15.0 Å². The second kappa shape index (κ2) is 7.24. The van der Waals surface area contributed by atoms with Crippen LogP contribution in [-0.2, 0) is 16.6 Å². The Labute approximate surface area is 181 Å². The number of allylic oxidation sites excluding steroid dienone is 2. The van der Waals surface area contributed by atoms with Crippen LogP contribution in [0.15, 0.2) is 66.5 Å². The Balaban J connectivity index is 1.81. The zero-order valence-electron chi connectivity index (χ0n) is 17.5. The molecule has 1 aromatic carbocycles. The zero-order valence-corrected chi connectivity index (χ0v) is 17.5. The number of nitriles is 1. The molecule has 152 valence electrons. The molecule has 0 amide bonds. The Morgan fingerprint density at radius 3 is 2.52 bits per heavy atom. The Bertz CT molecular complexity index is 1240. The molecule has 0 N–H and O–H groups in total. The van der Waals surface area contributed by atoms with E-state index in [1.165, 1.54) is 0 Å². The minimum Gasteiger partial charge on any atom is -0.293 e. The van der Waals surface area contributed by atoms with Crippen LogP contribution in [0.3, 0.4) is 0 Å². The SMILES string of the molecule is C[C@H]1C(=O)C(C#N)=C[C@@]2(C)c3nc(-c4ccncc4)nc(-c4ccccc4)c3CC[C@H]12. The highest BCUT2D eigenvalue weighted by Crippen LogP contribution is 2.50. The molecule has 5 heteroatoms. The van der Waals surface area contributed by atoms with Crippen molar-refractivity contribution in [3.63, 3.8) is 0 Å². The lowest BCUT2D eigenvalue weighted by atomic mass is 9.57. The topological polar surface area (TPSA) is 79.5 Å². The third-order valence-corrected chi connectivity index (χ3v) is 6.83. The molecule has 5 rings (SSSR count). The molecular weight excluding hydrogens is 384 g/mol. The summed E-state index contributed by atoms with van der Waals surface area (Å²) in [6.07, 6.45) is 7.00. The van der Waals surface area contributed by atoms with Gasteiger partial charge in [0.2, 0.25) is 0 Å². The van der Waals surface area contributed by atoms with Gasteiger partial charge in [-0.3, -0.25) is 9.78 Å². The van der Waals surface area contributed by atoms with E-state index in [1.807, 2.05) is 43.3 Å². The van der Waals surface area contributed by atoms with Crippen molar-refractivity contribution < 1.29 is 4.79 Å². The number of carbonyl (C=O) groups is 1. The standard InChI is InChI=1S/C26H22N4O/c1-16-21-9-8-20-22(17-6-4-3-5-7-17)29-25(18-10-12-28-13-11-18)30-24(20)26(21,2)14-19(15-27)23(16)31/h3-7,10-14,16,21H,8-9H2,1-2H3/t16-,21-,26-/m1/s1. The van der Waals surface area contributed by atoms with Crippen molar-refractivity contribution in [3.8, 4) is 28.7 Å². The summed E-state index contributed by atoms with van der Waals surface area (Å²) in [4.78, 5) is 26.9. The van der Waals surface area contributed by atoms with E-state index in [9.17, 15) is 10.1 Å². The van der Waals surface area contributed by atoms with E-state index in [0.29, 0.717) is 5.82 Å². The highest BCUT2D eigenvalue weighted by Gasteiger charge is 2.49. The number of ketones is 1. The highest BCUT2D eigenvalue weighted by molar-refractivity contribution is 6.02. The maximum absolute atomic E-state index is 12.7. The largest absolute Gasteiger partial charge is 0.293 e. The van der Waals surface area contributed by atoms with Crippen LogP contribution in [0.2, 0.25) is 0 Å². The van der Waals surface area contributed by atoms with Gasteiger partial charge in [0, 0.05) is 40.4 Å². The van der Waals surface area contributed by atoms with Gasteiger partial charge in [-0.2, -0.15) is 5.26 Å². The van der Waals surface area contributed by atoms with Gasteiger partial charge in [-0.05, 0) is 30.9 Å². The fourth-order valence-electron chi connectivity index (χ4n) is 5.24. The monoisotopic (exact) mass is 406 g/mol. The maximum atomic E-state index is 12.7. The van der Waals surface area contributed by atoms with Crippen LogP contribution >= 0.6 is 0 Å². The average molecular weight is 406 g/mol. The number of aromatic nitrogens is 3. The third-order valence-electron chi connectivity index (χ3n) is 6.83. The van der Waals surface area contributed by atoms with E-state index in [4.69, 9.17) is 9.97 Å². The minimum atomic E-state index is -0.500. The first-order valence-corrected chi connectivity index (χ1v) is 10.6. The molecule has 5 nitrogen and oxygen atoms in total. The zero-order chi connectivity index (χ0) is 21.6. The quantitative estimate of drug-likeness (QED) is 0.617. The van der Waals surface area contributed by atoms with Gasteiger partial charge in [0.1, 0.15) is 6.07 Å². The number of rotatable bonds is 2. The molecule has 0 fully saturated rings. The van der Waals surface area contributed by atoms with Gasteiger partial charge in [0.05, 0.1) is 17.0 Å². The van der Waals surface area contributed by atoms with Crippen LogP contribution in [0.4, 0.5) is 0 Å². The van der Waals surface area contributed by atoms with Crippen LogP contribution in [-0.4, -0.2) is 20.7 Å². The van der Waals surface area contributed by atoms with Gasteiger partial charge >= 0.3 is 0 Å². The van der Waals surface area contributed by atoms with Gasteiger partial charge in [0.15, 0.2) is 11.6 Å². The number of benzene rings is 1. The van der Waals surface area contributed by atoms with Gasteiger partial charge in [-0.15, -0.1) is 0 Å². The molecular formula is C26H22N4O. The van der Waals surface area contributed by atoms with Crippen LogP contribution in [0, 0.1) is 23.2 Å². The first-order valence-electron chi connectivity index (χ1n) is 10.6. The molecule has 0 saturated carbocycles. The van der Waals surface area contributed by atoms with Crippen molar-refractivity contribution in [3.05, 3.63) is 77.8 Å². The fourth-order valence-corrected chi connectivity index (χ4v) is 5.24. The molecule has 2 heterocycles. The number of nitrogens with zero attached hydrogens (tertiary/aromatic N) is 4. The molecule has 0 bridgehead atoms. The Hall–Kier alpha value is -3.65. The summed E-state index contributed by atoms with van der Waals surface area (Å²) >= 11 is 0. The van der Waals surface area contributed by atoms with Crippen LogP contribution in [0.1, 0.15) is 31.5 Å². The van der Waals surface area contributed by atoms with E-state index in [-0.39, 0.29) is 23.2 Å². The van der Waals surface area contributed by atoms with Gasteiger partial charge in [-0.25, -0.2) is 9.97 Å².